The molecule has 0 spiro atoms. The first kappa shape index (κ1) is 19.6. The van der Waals surface area contributed by atoms with Crippen LogP contribution in [0.4, 0.5) is 0 Å². The van der Waals surface area contributed by atoms with Crippen LogP contribution in [0.25, 0.3) is 9.40 Å². The zero-order chi connectivity index (χ0) is 17.4. The van der Waals surface area contributed by atoms with Crippen LogP contribution >= 0.6 is 35.1 Å². The molecule has 2 aliphatic heterocycles. The lowest BCUT2D eigenvalue weighted by Crippen LogP contribution is -2.60. The first-order valence-electron chi connectivity index (χ1n) is 8.53. The van der Waals surface area contributed by atoms with Crippen molar-refractivity contribution in [2.75, 3.05) is 39.3 Å². The lowest BCUT2D eigenvalue weighted by Gasteiger charge is -2.38. The van der Waals surface area contributed by atoms with Crippen LogP contribution in [0.1, 0.15) is 16.6 Å². The molecule has 0 saturated carbocycles. The molecule has 0 aliphatic carbocycles. The summed E-state index contributed by atoms with van der Waals surface area (Å²) in [6.07, 6.45) is -0.111. The first-order valence-corrected chi connectivity index (χ1v) is 10.2. The van der Waals surface area contributed by atoms with Gasteiger partial charge in [-0.15, -0.1) is 35.1 Å². The van der Waals surface area contributed by atoms with Crippen molar-refractivity contribution in [1.29, 1.82) is 0 Å². The summed E-state index contributed by atoms with van der Waals surface area (Å²) >= 11 is 3.21. The van der Waals surface area contributed by atoms with Gasteiger partial charge >= 0.3 is 0 Å². The van der Waals surface area contributed by atoms with E-state index in [9.17, 15) is 9.59 Å². The molecule has 4 heterocycles. The zero-order valence-electron chi connectivity index (χ0n) is 14.5. The Balaban J connectivity index is 0.00000196. The Hall–Kier alpha value is -1.19. The number of fused-ring (bicyclic) bond motifs is 1. The predicted molar refractivity (Wildman–Crippen MR) is 107 cm³/mol. The lowest BCUT2D eigenvalue weighted by molar-refractivity contribution is -0.140. The van der Waals surface area contributed by atoms with Crippen molar-refractivity contribution < 1.29 is 14.3 Å². The number of nitrogens with one attached hydrogen (secondary N) is 1. The first-order chi connectivity index (χ1) is 12.1. The summed E-state index contributed by atoms with van der Waals surface area (Å²) in [5, 5.41) is 5.29. The molecule has 6 nitrogen and oxygen atoms in total. The van der Waals surface area contributed by atoms with Gasteiger partial charge in [0.15, 0.2) is 0 Å². The molecular weight excluding hydrogens is 394 g/mol. The average molecular weight is 416 g/mol. The summed E-state index contributed by atoms with van der Waals surface area (Å²) in [5.41, 5.74) is 0. The van der Waals surface area contributed by atoms with Crippen molar-refractivity contribution in [1.82, 2.24) is 15.1 Å². The fraction of sp³-hybridized carbons (Fsp3) is 0.529. The molecule has 2 fully saturated rings. The Kier molecular flexibility index (Phi) is 6.19. The number of carbonyl (C=O) groups is 2. The van der Waals surface area contributed by atoms with Crippen molar-refractivity contribution in [3.63, 3.8) is 0 Å². The van der Waals surface area contributed by atoms with Gasteiger partial charge < -0.3 is 19.9 Å². The summed E-state index contributed by atoms with van der Waals surface area (Å²) in [6, 6.07) is 3.76. The second-order valence-corrected chi connectivity index (χ2v) is 8.42. The second-order valence-electron chi connectivity index (χ2n) is 6.38. The van der Waals surface area contributed by atoms with Crippen LogP contribution in [0.5, 0.6) is 0 Å². The maximum atomic E-state index is 12.7. The van der Waals surface area contributed by atoms with Crippen molar-refractivity contribution >= 4 is 56.3 Å². The number of hydrogen-bond acceptors (Lipinski definition) is 6. The molecule has 0 radical (unpaired) electrons. The van der Waals surface area contributed by atoms with E-state index in [1.54, 1.807) is 22.7 Å². The third-order valence-corrected chi connectivity index (χ3v) is 6.89. The maximum absolute atomic E-state index is 12.7. The van der Waals surface area contributed by atoms with E-state index in [1.165, 1.54) is 9.40 Å². The van der Waals surface area contributed by atoms with E-state index < -0.39 is 0 Å². The number of piperazine rings is 1. The molecule has 2 saturated heterocycles. The Morgan fingerprint density at radius 3 is 2.62 bits per heavy atom. The highest BCUT2D eigenvalue weighted by atomic mass is 35.5. The molecule has 0 aromatic carbocycles. The predicted octanol–water partition coefficient (Wildman–Crippen LogP) is 2.05. The standard InChI is InChI=1S/C17H21N3O3S2.ClH/c1-11-15(18-3-8-23-11)17(22)20-6-4-19(5-7-20)16(21)14-10-13-12(25-14)2-9-24-13;/h2,9-11,15,18H,3-8H2,1H3;1H/t11-,15+;/m1./s1. The van der Waals surface area contributed by atoms with Crippen LogP contribution in [0, 0.1) is 0 Å². The number of thiophene rings is 2. The minimum atomic E-state index is -0.278. The molecule has 2 atom stereocenters. The molecule has 4 rings (SSSR count). The van der Waals surface area contributed by atoms with Crippen molar-refractivity contribution in [2.45, 2.75) is 19.1 Å². The molecule has 142 valence electrons. The van der Waals surface area contributed by atoms with E-state index in [0.717, 1.165) is 4.88 Å². The quantitative estimate of drug-likeness (QED) is 0.815. The normalized spacial score (nSPS) is 23.7. The third kappa shape index (κ3) is 3.75. The average Bonchev–Trinajstić information content (AvgIpc) is 3.23. The number of nitrogens with zero attached hydrogens (tertiary/aromatic N) is 2. The number of ether oxygens (including phenoxy) is 1. The van der Waals surface area contributed by atoms with Crippen LogP contribution in [-0.4, -0.2) is 73.1 Å². The molecule has 2 amide bonds. The zero-order valence-corrected chi connectivity index (χ0v) is 16.9. The highest BCUT2D eigenvalue weighted by molar-refractivity contribution is 7.27. The Bertz CT molecular complexity index is 757. The Labute approximate surface area is 166 Å². The van der Waals surface area contributed by atoms with Gasteiger partial charge in [0, 0.05) is 42.1 Å². The summed E-state index contributed by atoms with van der Waals surface area (Å²) < 4.78 is 7.90. The molecule has 2 aromatic heterocycles. The van der Waals surface area contributed by atoms with Crippen molar-refractivity contribution in [3.8, 4) is 0 Å². The van der Waals surface area contributed by atoms with Gasteiger partial charge in [-0.25, -0.2) is 0 Å². The van der Waals surface area contributed by atoms with Crippen LogP contribution in [0.3, 0.4) is 0 Å². The number of carbonyl (C=O) groups excluding carboxylic acids is 2. The van der Waals surface area contributed by atoms with Gasteiger partial charge in [-0.3, -0.25) is 9.59 Å². The van der Waals surface area contributed by atoms with E-state index in [-0.39, 0.29) is 36.4 Å². The van der Waals surface area contributed by atoms with Crippen LogP contribution in [-0.2, 0) is 9.53 Å². The SMILES string of the molecule is C[C@H]1OCCN[C@@H]1C(=O)N1CCN(C(=O)c2cc3sccc3s2)CC1.Cl. The smallest absolute Gasteiger partial charge is 0.264 e. The molecule has 2 aromatic rings. The number of rotatable bonds is 2. The van der Waals surface area contributed by atoms with E-state index >= 15 is 0 Å². The number of amides is 2. The highest BCUT2D eigenvalue weighted by Crippen LogP contribution is 2.30. The Morgan fingerprint density at radius 1 is 1.19 bits per heavy atom. The number of hydrogen-bond donors (Lipinski definition) is 1. The van der Waals surface area contributed by atoms with Gasteiger partial charge in [-0.05, 0) is 24.4 Å². The number of halogens is 1. The monoisotopic (exact) mass is 415 g/mol. The van der Waals surface area contributed by atoms with Gasteiger partial charge in [-0.1, -0.05) is 0 Å². The topological polar surface area (TPSA) is 61.9 Å². The van der Waals surface area contributed by atoms with Gasteiger partial charge in [0.2, 0.25) is 5.91 Å². The van der Waals surface area contributed by atoms with Gasteiger partial charge in [-0.2, -0.15) is 0 Å². The highest BCUT2D eigenvalue weighted by Gasteiger charge is 2.34. The summed E-state index contributed by atoms with van der Waals surface area (Å²) in [6.45, 7) is 5.59. The molecule has 0 unspecified atom stereocenters. The van der Waals surface area contributed by atoms with Gasteiger partial charge in [0.1, 0.15) is 6.04 Å². The Morgan fingerprint density at radius 2 is 1.92 bits per heavy atom. The number of morpholine rings is 1. The summed E-state index contributed by atoms with van der Waals surface area (Å²) in [4.78, 5) is 29.9. The summed E-state index contributed by atoms with van der Waals surface area (Å²) in [5.74, 6) is 0.156. The summed E-state index contributed by atoms with van der Waals surface area (Å²) in [7, 11) is 0. The molecule has 0 bridgehead atoms. The molecule has 2 aliphatic rings. The minimum absolute atomic E-state index is 0. The molecule has 9 heteroatoms. The molecular formula is C17H22ClN3O3S2. The van der Waals surface area contributed by atoms with Gasteiger partial charge in [0.05, 0.1) is 17.6 Å². The second kappa shape index (κ2) is 8.22. The van der Waals surface area contributed by atoms with Crippen molar-refractivity contribution in [2.24, 2.45) is 0 Å². The minimum Gasteiger partial charge on any atom is -0.375 e. The molecule has 26 heavy (non-hydrogen) atoms. The van der Waals surface area contributed by atoms with Crippen LogP contribution in [0.2, 0.25) is 0 Å². The van der Waals surface area contributed by atoms with E-state index in [2.05, 4.69) is 11.4 Å². The molecule has 1 N–H and O–H groups in total. The van der Waals surface area contributed by atoms with E-state index in [1.807, 2.05) is 28.2 Å². The van der Waals surface area contributed by atoms with Crippen molar-refractivity contribution in [3.05, 3.63) is 22.4 Å². The van der Waals surface area contributed by atoms with Gasteiger partial charge in [0.25, 0.3) is 5.91 Å². The lowest BCUT2D eigenvalue weighted by atomic mass is 10.1. The van der Waals surface area contributed by atoms with E-state index in [0.29, 0.717) is 39.3 Å². The fourth-order valence-electron chi connectivity index (χ4n) is 3.36. The largest absolute Gasteiger partial charge is 0.375 e. The fourth-order valence-corrected chi connectivity index (χ4v) is 5.44. The van der Waals surface area contributed by atoms with Crippen LogP contribution in [0.15, 0.2) is 17.5 Å². The third-order valence-electron chi connectivity index (χ3n) is 4.81. The van der Waals surface area contributed by atoms with E-state index in [4.69, 9.17) is 4.74 Å². The maximum Gasteiger partial charge on any atom is 0.264 e. The van der Waals surface area contributed by atoms with Crippen LogP contribution < -0.4 is 5.32 Å².